The number of nitrogens with two attached hydrogens (primary N) is 1. The molecule has 7 nitrogen and oxygen atoms in total. The van der Waals surface area contributed by atoms with Gasteiger partial charge in [-0.25, -0.2) is 4.79 Å². The first-order valence-electron chi connectivity index (χ1n) is 7.19. The van der Waals surface area contributed by atoms with Gasteiger partial charge in [-0.2, -0.15) is 0 Å². The number of ether oxygens (including phenoxy) is 1. The predicted octanol–water partition coefficient (Wildman–Crippen LogP) is 1.45. The zero-order valence-corrected chi connectivity index (χ0v) is 12.8. The number of benzene rings is 2. The summed E-state index contributed by atoms with van der Waals surface area (Å²) in [6.45, 7) is -0.271. The van der Waals surface area contributed by atoms with Crippen molar-refractivity contribution in [3.8, 4) is 0 Å². The van der Waals surface area contributed by atoms with E-state index in [1.54, 1.807) is 12.1 Å². The van der Waals surface area contributed by atoms with Gasteiger partial charge in [0.2, 0.25) is 5.91 Å². The first-order chi connectivity index (χ1) is 11.5. The molecule has 0 spiro atoms. The maximum absolute atomic E-state index is 11.8. The summed E-state index contributed by atoms with van der Waals surface area (Å²) < 4.78 is 4.95. The van der Waals surface area contributed by atoms with Crippen molar-refractivity contribution in [3.63, 3.8) is 0 Å². The van der Waals surface area contributed by atoms with Crippen LogP contribution >= 0.6 is 0 Å². The molecule has 0 aliphatic heterocycles. The second-order valence-electron chi connectivity index (χ2n) is 4.91. The lowest BCUT2D eigenvalue weighted by Gasteiger charge is -2.07. The highest BCUT2D eigenvalue weighted by Gasteiger charge is 2.11. The molecule has 0 bridgehead atoms. The van der Waals surface area contributed by atoms with Gasteiger partial charge in [-0.1, -0.05) is 30.3 Å². The van der Waals surface area contributed by atoms with Gasteiger partial charge in [-0.3, -0.25) is 14.9 Å². The number of anilines is 1. The molecule has 0 saturated carbocycles. The molecular weight excluding hydrogens is 310 g/mol. The fourth-order valence-electron chi connectivity index (χ4n) is 1.80. The molecule has 0 aromatic heterocycles. The summed E-state index contributed by atoms with van der Waals surface area (Å²) in [5.74, 6) is -1.21. The van der Waals surface area contributed by atoms with Gasteiger partial charge in [0.15, 0.2) is 0 Å². The number of alkyl carbamates (subject to hydrolysis) is 1. The van der Waals surface area contributed by atoms with Gasteiger partial charge in [0.05, 0.1) is 0 Å². The molecule has 4 N–H and O–H groups in total. The molecule has 7 heteroatoms. The Bertz CT molecular complexity index is 714. The van der Waals surface area contributed by atoms with E-state index in [1.165, 1.54) is 12.1 Å². The van der Waals surface area contributed by atoms with Gasteiger partial charge >= 0.3 is 6.09 Å². The van der Waals surface area contributed by atoms with Crippen LogP contribution in [0.4, 0.5) is 10.5 Å². The second kappa shape index (κ2) is 8.33. The van der Waals surface area contributed by atoms with Crippen LogP contribution in [0, 0.1) is 0 Å². The Morgan fingerprint density at radius 2 is 1.62 bits per heavy atom. The Morgan fingerprint density at radius 3 is 2.29 bits per heavy atom. The lowest BCUT2D eigenvalue weighted by atomic mass is 10.2. The highest BCUT2D eigenvalue weighted by molar-refractivity contribution is 6.05. The Morgan fingerprint density at radius 1 is 0.958 bits per heavy atom. The smallest absolute Gasteiger partial charge is 0.407 e. The van der Waals surface area contributed by atoms with Crippen molar-refractivity contribution in [2.75, 3.05) is 12.3 Å². The molecule has 0 aliphatic carbocycles. The zero-order valence-electron chi connectivity index (χ0n) is 12.8. The predicted molar refractivity (Wildman–Crippen MR) is 88.0 cm³/mol. The largest absolute Gasteiger partial charge is 0.445 e. The molecule has 0 saturated heterocycles. The average Bonchev–Trinajstić information content (AvgIpc) is 2.59. The summed E-state index contributed by atoms with van der Waals surface area (Å²) in [5.41, 5.74) is 7.16. The van der Waals surface area contributed by atoms with Gasteiger partial charge in [0.1, 0.15) is 13.2 Å². The number of carbonyl (C=O) groups is 3. The number of rotatable bonds is 5. The van der Waals surface area contributed by atoms with Crippen molar-refractivity contribution >= 4 is 23.6 Å². The summed E-state index contributed by atoms with van der Waals surface area (Å²) in [7, 11) is 0. The third-order valence-corrected chi connectivity index (χ3v) is 3.03. The van der Waals surface area contributed by atoms with Crippen molar-refractivity contribution in [1.29, 1.82) is 0 Å². The van der Waals surface area contributed by atoms with Crippen LogP contribution in [0.15, 0.2) is 54.6 Å². The van der Waals surface area contributed by atoms with Crippen LogP contribution in [0.5, 0.6) is 0 Å². The molecule has 0 heterocycles. The fourth-order valence-corrected chi connectivity index (χ4v) is 1.80. The minimum absolute atomic E-state index is 0.0959. The lowest BCUT2D eigenvalue weighted by molar-refractivity contribution is -0.119. The van der Waals surface area contributed by atoms with Crippen LogP contribution in [0.25, 0.3) is 0 Å². The van der Waals surface area contributed by atoms with Crippen LogP contribution in [0.1, 0.15) is 15.9 Å². The summed E-state index contributed by atoms with van der Waals surface area (Å²) in [6.07, 6.45) is -0.742. The van der Waals surface area contributed by atoms with Crippen molar-refractivity contribution < 1.29 is 19.1 Å². The van der Waals surface area contributed by atoms with E-state index in [2.05, 4.69) is 10.6 Å². The number of imide groups is 1. The van der Waals surface area contributed by atoms with E-state index in [-0.39, 0.29) is 13.2 Å². The van der Waals surface area contributed by atoms with Gasteiger partial charge in [0, 0.05) is 11.3 Å². The number of hydrogen-bond acceptors (Lipinski definition) is 5. The third kappa shape index (κ3) is 5.45. The summed E-state index contributed by atoms with van der Waals surface area (Å²) in [4.78, 5) is 35.0. The Hall–Kier alpha value is -3.35. The van der Waals surface area contributed by atoms with Crippen LogP contribution in [0.2, 0.25) is 0 Å². The van der Waals surface area contributed by atoms with Crippen molar-refractivity contribution in [1.82, 2.24) is 10.6 Å². The van der Waals surface area contributed by atoms with Gasteiger partial charge in [0.25, 0.3) is 5.91 Å². The number of amides is 3. The quantitative estimate of drug-likeness (QED) is 0.720. The highest BCUT2D eigenvalue weighted by atomic mass is 16.5. The first-order valence-corrected chi connectivity index (χ1v) is 7.19. The third-order valence-electron chi connectivity index (χ3n) is 3.03. The molecule has 0 unspecified atom stereocenters. The topological polar surface area (TPSA) is 111 Å². The molecule has 2 aromatic rings. The lowest BCUT2D eigenvalue weighted by Crippen LogP contribution is -2.39. The van der Waals surface area contributed by atoms with E-state index in [9.17, 15) is 14.4 Å². The van der Waals surface area contributed by atoms with E-state index in [1.807, 2.05) is 30.3 Å². The normalized spacial score (nSPS) is 9.83. The minimum Gasteiger partial charge on any atom is -0.445 e. The SMILES string of the molecule is Nc1ccc(C(=O)NC(=O)CNC(=O)OCc2ccccc2)cc1. The van der Waals surface area contributed by atoms with Crippen LogP contribution in [-0.4, -0.2) is 24.5 Å². The maximum Gasteiger partial charge on any atom is 0.407 e. The Labute approximate surface area is 138 Å². The molecule has 0 fully saturated rings. The van der Waals surface area contributed by atoms with Crippen molar-refractivity contribution in [2.45, 2.75) is 6.61 Å². The molecule has 2 rings (SSSR count). The molecule has 2 aromatic carbocycles. The van der Waals surface area contributed by atoms with Crippen LogP contribution in [-0.2, 0) is 16.1 Å². The van der Waals surface area contributed by atoms with Gasteiger partial charge in [-0.05, 0) is 29.8 Å². The number of nitrogen functional groups attached to an aromatic ring is 1. The van der Waals surface area contributed by atoms with E-state index in [4.69, 9.17) is 10.5 Å². The molecule has 3 amide bonds. The highest BCUT2D eigenvalue weighted by Crippen LogP contribution is 2.05. The van der Waals surface area contributed by atoms with Crippen LogP contribution < -0.4 is 16.4 Å². The van der Waals surface area contributed by atoms with E-state index in [0.29, 0.717) is 11.3 Å². The molecule has 0 radical (unpaired) electrons. The second-order valence-corrected chi connectivity index (χ2v) is 4.91. The summed E-state index contributed by atoms with van der Waals surface area (Å²) in [6, 6.07) is 15.2. The van der Waals surface area contributed by atoms with Gasteiger partial charge < -0.3 is 15.8 Å². The van der Waals surface area contributed by atoms with Crippen molar-refractivity contribution in [3.05, 3.63) is 65.7 Å². The Balaban J connectivity index is 1.71. The number of hydrogen-bond donors (Lipinski definition) is 3. The molecule has 24 heavy (non-hydrogen) atoms. The zero-order chi connectivity index (χ0) is 17.4. The maximum atomic E-state index is 11.8. The molecule has 0 atom stereocenters. The monoisotopic (exact) mass is 327 g/mol. The van der Waals surface area contributed by atoms with E-state index < -0.39 is 17.9 Å². The van der Waals surface area contributed by atoms with E-state index in [0.717, 1.165) is 5.56 Å². The van der Waals surface area contributed by atoms with E-state index >= 15 is 0 Å². The molecule has 124 valence electrons. The minimum atomic E-state index is -0.742. The fraction of sp³-hybridized carbons (Fsp3) is 0.118. The number of carbonyl (C=O) groups excluding carboxylic acids is 3. The molecular formula is C17H17N3O4. The summed E-state index contributed by atoms with van der Waals surface area (Å²) >= 11 is 0. The standard InChI is InChI=1S/C17H17N3O4/c18-14-8-6-13(7-9-14)16(22)20-15(21)10-19-17(23)24-11-12-4-2-1-3-5-12/h1-9H,10-11,18H2,(H,19,23)(H,20,21,22). The average molecular weight is 327 g/mol. The van der Waals surface area contributed by atoms with Gasteiger partial charge in [-0.15, -0.1) is 0 Å². The number of nitrogens with one attached hydrogen (secondary N) is 2. The Kier molecular flexibility index (Phi) is 5.90. The van der Waals surface area contributed by atoms with Crippen LogP contribution in [0.3, 0.4) is 0 Å². The summed E-state index contributed by atoms with van der Waals surface area (Å²) in [5, 5.41) is 4.43. The van der Waals surface area contributed by atoms with Crippen molar-refractivity contribution in [2.24, 2.45) is 0 Å². The first kappa shape index (κ1) is 17.0. The molecule has 0 aliphatic rings.